The summed E-state index contributed by atoms with van der Waals surface area (Å²) in [6.07, 6.45) is 1.51. The molecule has 2 aliphatic heterocycles. The van der Waals surface area contributed by atoms with E-state index >= 15 is 0 Å². The molecule has 4 N–H and O–H groups in total. The maximum Gasteiger partial charge on any atom is 0.436 e. The average molecular weight is 566 g/mol. The second-order valence-corrected chi connectivity index (χ2v) is 12.5. The molecule has 11 nitrogen and oxygen atoms in total. The lowest BCUT2D eigenvalue weighted by Gasteiger charge is -2.36. The number of alkyl halides is 3. The molecule has 2 bridgehead atoms. The number of hydrogen-bond donors (Lipinski definition) is 3. The van der Waals surface area contributed by atoms with E-state index in [0.717, 1.165) is 11.1 Å². The van der Waals surface area contributed by atoms with Crippen molar-refractivity contribution in [2.45, 2.75) is 64.3 Å². The molecule has 2 saturated heterocycles. The van der Waals surface area contributed by atoms with Crippen molar-refractivity contribution in [1.29, 1.82) is 0 Å². The SMILES string of the molecule is CC(C)(C)C(C(=O)N1C[C@H]2[C@@H]([C@H]1C(=O)N[C@@H](C[C@@H]1CCNC1=O)C(N)=O)[C@H]1C=C[C@@H]2C1)n1cc(C(F)(F)F)nn1. The molecule has 40 heavy (non-hydrogen) atoms. The first kappa shape index (κ1) is 28.1. The highest BCUT2D eigenvalue weighted by Gasteiger charge is 2.59. The Balaban J connectivity index is 1.45. The Labute approximate surface area is 229 Å². The number of primary amides is 1. The normalized spacial score (nSPS) is 30.8. The largest absolute Gasteiger partial charge is 0.436 e. The number of aromatic nitrogens is 3. The van der Waals surface area contributed by atoms with Gasteiger partial charge in [-0.2, -0.15) is 13.2 Å². The van der Waals surface area contributed by atoms with Crippen LogP contribution in [0.15, 0.2) is 18.3 Å². The van der Waals surface area contributed by atoms with Crippen LogP contribution in [0.5, 0.6) is 0 Å². The first-order valence-electron chi connectivity index (χ1n) is 13.5. The highest BCUT2D eigenvalue weighted by atomic mass is 19.4. The monoisotopic (exact) mass is 565 g/mol. The van der Waals surface area contributed by atoms with Crippen LogP contribution in [0.25, 0.3) is 0 Å². The topological polar surface area (TPSA) is 152 Å². The maximum absolute atomic E-state index is 14.2. The summed E-state index contributed by atoms with van der Waals surface area (Å²) < 4.78 is 40.8. The van der Waals surface area contributed by atoms with E-state index in [1.807, 2.05) is 6.08 Å². The van der Waals surface area contributed by atoms with E-state index in [9.17, 15) is 32.3 Å². The van der Waals surface area contributed by atoms with E-state index in [1.165, 1.54) is 4.90 Å². The van der Waals surface area contributed by atoms with E-state index < -0.39 is 59.1 Å². The average Bonchev–Trinajstić information content (AvgIpc) is 3.64. The second-order valence-electron chi connectivity index (χ2n) is 12.5. The molecule has 8 atom stereocenters. The third-order valence-electron chi connectivity index (χ3n) is 8.81. The maximum atomic E-state index is 14.2. The highest BCUT2D eigenvalue weighted by molar-refractivity contribution is 5.94. The zero-order valence-electron chi connectivity index (χ0n) is 22.5. The number of halogens is 3. The van der Waals surface area contributed by atoms with Crippen LogP contribution in [0.2, 0.25) is 0 Å². The summed E-state index contributed by atoms with van der Waals surface area (Å²) in [6.45, 7) is 5.83. The van der Waals surface area contributed by atoms with E-state index in [2.05, 4.69) is 27.0 Å². The Morgan fingerprint density at radius 1 is 1.20 bits per heavy atom. The Hall–Kier alpha value is -3.45. The predicted molar refractivity (Wildman–Crippen MR) is 134 cm³/mol. The first-order valence-corrected chi connectivity index (χ1v) is 13.5. The Morgan fingerprint density at radius 2 is 1.90 bits per heavy atom. The zero-order chi connectivity index (χ0) is 29.1. The van der Waals surface area contributed by atoms with Gasteiger partial charge in [0, 0.05) is 19.0 Å². The van der Waals surface area contributed by atoms with Crippen molar-refractivity contribution in [3.63, 3.8) is 0 Å². The van der Waals surface area contributed by atoms with Crippen molar-refractivity contribution >= 4 is 23.6 Å². The van der Waals surface area contributed by atoms with E-state index in [4.69, 9.17) is 5.73 Å². The van der Waals surface area contributed by atoms with Crippen LogP contribution in [-0.4, -0.2) is 68.7 Å². The summed E-state index contributed by atoms with van der Waals surface area (Å²) in [7, 11) is 0. The van der Waals surface area contributed by atoms with Crippen molar-refractivity contribution in [2.24, 2.45) is 40.7 Å². The Kier molecular flexibility index (Phi) is 6.94. The number of allylic oxidation sites excluding steroid dienone is 2. The number of rotatable bonds is 7. The fourth-order valence-corrected chi connectivity index (χ4v) is 7.01. The van der Waals surface area contributed by atoms with Crippen LogP contribution in [0.4, 0.5) is 13.2 Å². The van der Waals surface area contributed by atoms with E-state index in [0.29, 0.717) is 19.2 Å². The molecule has 0 radical (unpaired) electrons. The molecule has 0 spiro atoms. The molecule has 14 heteroatoms. The smallest absolute Gasteiger partial charge is 0.368 e. The van der Waals surface area contributed by atoms with Gasteiger partial charge in [0.05, 0.1) is 6.20 Å². The molecule has 1 unspecified atom stereocenters. The third kappa shape index (κ3) is 4.96. The van der Waals surface area contributed by atoms with Crippen LogP contribution < -0.4 is 16.4 Å². The van der Waals surface area contributed by atoms with Gasteiger partial charge in [-0.05, 0) is 48.3 Å². The molecule has 2 aliphatic carbocycles. The summed E-state index contributed by atoms with van der Waals surface area (Å²) in [5, 5.41) is 12.3. The molecular weight excluding hydrogens is 531 g/mol. The van der Waals surface area contributed by atoms with Gasteiger partial charge in [0.25, 0.3) is 0 Å². The lowest BCUT2D eigenvalue weighted by molar-refractivity contribution is -0.146. The number of fused-ring (bicyclic) bond motifs is 5. The number of nitrogens with two attached hydrogens (primary N) is 1. The van der Waals surface area contributed by atoms with Gasteiger partial charge in [0.15, 0.2) is 5.69 Å². The fraction of sp³-hybridized carbons (Fsp3) is 0.692. The summed E-state index contributed by atoms with van der Waals surface area (Å²) in [5.74, 6) is -2.59. The van der Waals surface area contributed by atoms with Crippen LogP contribution in [0, 0.1) is 35.0 Å². The third-order valence-corrected chi connectivity index (χ3v) is 8.81. The van der Waals surface area contributed by atoms with Crippen LogP contribution in [-0.2, 0) is 25.4 Å². The minimum atomic E-state index is -4.73. The van der Waals surface area contributed by atoms with Gasteiger partial charge in [-0.3, -0.25) is 19.2 Å². The van der Waals surface area contributed by atoms with Crippen molar-refractivity contribution in [2.75, 3.05) is 13.1 Å². The number of hydrogen-bond acceptors (Lipinski definition) is 6. The Morgan fingerprint density at radius 3 is 2.48 bits per heavy atom. The van der Waals surface area contributed by atoms with Gasteiger partial charge in [-0.15, -0.1) is 5.10 Å². The zero-order valence-corrected chi connectivity index (χ0v) is 22.5. The number of nitrogens with zero attached hydrogens (tertiary/aromatic N) is 4. The lowest BCUT2D eigenvalue weighted by Crippen LogP contribution is -2.56. The van der Waals surface area contributed by atoms with Gasteiger partial charge >= 0.3 is 6.18 Å². The number of carbonyl (C=O) groups is 4. The fourth-order valence-electron chi connectivity index (χ4n) is 7.01. The van der Waals surface area contributed by atoms with Crippen LogP contribution in [0.3, 0.4) is 0 Å². The summed E-state index contributed by atoms with van der Waals surface area (Å²) in [6, 6.07) is -3.26. The highest BCUT2D eigenvalue weighted by Crippen LogP contribution is 2.54. The van der Waals surface area contributed by atoms with E-state index in [-0.39, 0.29) is 42.5 Å². The molecule has 3 heterocycles. The van der Waals surface area contributed by atoms with Gasteiger partial charge in [0.2, 0.25) is 23.6 Å². The molecule has 1 aromatic heterocycles. The Bertz CT molecular complexity index is 1240. The molecule has 218 valence electrons. The quantitative estimate of drug-likeness (QED) is 0.420. The molecule has 3 fully saturated rings. The van der Waals surface area contributed by atoms with Crippen molar-refractivity contribution in [3.8, 4) is 0 Å². The van der Waals surface area contributed by atoms with E-state index in [1.54, 1.807) is 20.8 Å². The molecule has 1 aromatic rings. The van der Waals surface area contributed by atoms with Gasteiger partial charge in [0.1, 0.15) is 18.1 Å². The predicted octanol–water partition coefficient (Wildman–Crippen LogP) is 1.03. The summed E-state index contributed by atoms with van der Waals surface area (Å²) >= 11 is 0. The molecular formula is C26H34F3N7O4. The van der Waals surface area contributed by atoms with Gasteiger partial charge in [-0.1, -0.05) is 38.1 Å². The molecule has 4 aliphatic rings. The van der Waals surface area contributed by atoms with Crippen LogP contribution in [0.1, 0.15) is 51.8 Å². The van der Waals surface area contributed by atoms with Gasteiger partial charge in [-0.25, -0.2) is 4.68 Å². The summed E-state index contributed by atoms with van der Waals surface area (Å²) in [4.78, 5) is 53.9. The number of nitrogens with one attached hydrogen (secondary N) is 2. The lowest BCUT2D eigenvalue weighted by atomic mass is 9.81. The number of likely N-dealkylation sites (tertiary alicyclic amines) is 1. The van der Waals surface area contributed by atoms with Crippen LogP contribution >= 0.6 is 0 Å². The summed E-state index contributed by atoms with van der Waals surface area (Å²) in [5.41, 5.74) is 3.50. The van der Waals surface area contributed by atoms with Crippen molar-refractivity contribution in [3.05, 3.63) is 24.0 Å². The van der Waals surface area contributed by atoms with Crippen molar-refractivity contribution in [1.82, 2.24) is 30.5 Å². The first-order chi connectivity index (χ1) is 18.7. The standard InChI is InChI=1S/C26H34F3N7O4/c1-25(2,3)20(36-11-17(33-34-36)26(27,28)29)24(40)35-10-15-12-4-5-13(8-12)18(15)19(35)23(39)32-16(21(30)37)9-14-6-7-31-22(14)38/h4-5,11-16,18-20H,6-10H2,1-3H3,(H2,30,37)(H,31,38)(H,32,39)/t12-,13+,14+,15-,16+,18+,19+,20?/m1/s1. The number of amides is 4. The van der Waals surface area contributed by atoms with Gasteiger partial charge < -0.3 is 21.3 Å². The molecule has 5 rings (SSSR count). The molecule has 1 saturated carbocycles. The minimum Gasteiger partial charge on any atom is -0.368 e. The second kappa shape index (κ2) is 9.88. The minimum absolute atomic E-state index is 0.00978. The molecule has 0 aromatic carbocycles. The molecule has 4 amide bonds. The number of carbonyl (C=O) groups excluding carboxylic acids is 4. The van der Waals surface area contributed by atoms with Crippen molar-refractivity contribution < 1.29 is 32.3 Å².